The Bertz CT molecular complexity index is 1020. The molecule has 1 atom stereocenters. The van der Waals surface area contributed by atoms with E-state index in [1.165, 1.54) is 22.2 Å². The van der Waals surface area contributed by atoms with E-state index in [-0.39, 0.29) is 0 Å². The van der Waals surface area contributed by atoms with Gasteiger partial charge in [0.15, 0.2) is 0 Å². The Hall–Kier alpha value is -1.90. The smallest absolute Gasteiger partial charge is 0.128 e. The lowest BCUT2D eigenvalue weighted by molar-refractivity contribution is 0.218. The first-order valence-corrected chi connectivity index (χ1v) is 11.1. The number of benzene rings is 1. The molecule has 0 fully saturated rings. The molecule has 1 aliphatic carbocycles. The number of thiophene rings is 1. The summed E-state index contributed by atoms with van der Waals surface area (Å²) in [5.41, 5.74) is 3.69. The summed E-state index contributed by atoms with van der Waals surface area (Å²) in [6.07, 6.45) is 5.22. The molecular formula is C22H23N3S2. The van der Waals surface area contributed by atoms with Gasteiger partial charge in [0.25, 0.3) is 0 Å². The van der Waals surface area contributed by atoms with Crippen molar-refractivity contribution in [3.8, 4) is 6.07 Å². The van der Waals surface area contributed by atoms with Crippen molar-refractivity contribution in [2.45, 2.75) is 50.8 Å². The van der Waals surface area contributed by atoms with Crippen molar-refractivity contribution >= 4 is 33.3 Å². The molecule has 2 heterocycles. The van der Waals surface area contributed by atoms with Crippen LogP contribution in [0.3, 0.4) is 0 Å². The van der Waals surface area contributed by atoms with E-state index in [4.69, 9.17) is 5.26 Å². The normalized spacial score (nSPS) is 16.9. The van der Waals surface area contributed by atoms with Gasteiger partial charge in [0, 0.05) is 16.0 Å². The molecule has 0 bridgehead atoms. The minimum absolute atomic E-state index is 0.350. The first-order chi connectivity index (χ1) is 13.0. The molecule has 1 unspecified atom stereocenters. The maximum atomic E-state index is 9.10. The summed E-state index contributed by atoms with van der Waals surface area (Å²) in [7, 11) is 0. The molecule has 0 saturated carbocycles. The molecule has 4 rings (SSSR count). The maximum absolute atomic E-state index is 9.10. The first-order valence-electron chi connectivity index (χ1n) is 9.33. The fourth-order valence-electron chi connectivity index (χ4n) is 3.81. The molecule has 0 spiro atoms. The number of hydrogen-bond acceptors (Lipinski definition) is 5. The van der Waals surface area contributed by atoms with E-state index >= 15 is 0 Å². The van der Waals surface area contributed by atoms with E-state index in [0.717, 1.165) is 39.9 Å². The zero-order valence-electron chi connectivity index (χ0n) is 16.0. The fraction of sp³-hybridized carbons (Fsp3) is 0.409. The summed E-state index contributed by atoms with van der Waals surface area (Å²) in [6, 6.07) is 10.0. The van der Waals surface area contributed by atoms with Crippen LogP contribution in [-0.2, 0) is 18.6 Å². The number of aromatic nitrogens is 2. The van der Waals surface area contributed by atoms with Crippen LogP contribution in [0, 0.1) is 22.7 Å². The van der Waals surface area contributed by atoms with Gasteiger partial charge >= 0.3 is 0 Å². The average molecular weight is 394 g/mol. The Morgan fingerprint density at radius 1 is 1.30 bits per heavy atom. The van der Waals surface area contributed by atoms with Crippen LogP contribution in [0.2, 0.25) is 0 Å². The molecule has 27 heavy (non-hydrogen) atoms. The van der Waals surface area contributed by atoms with Crippen molar-refractivity contribution in [3.05, 3.63) is 52.2 Å². The number of nitriles is 1. The Labute approximate surface area is 168 Å². The SMILES string of the molecule is CC(C)(C)C1CCc2c(sc3ncnc(SCc4cccc(C#N)c4)c23)C1. The zero-order valence-corrected chi connectivity index (χ0v) is 17.6. The highest BCUT2D eigenvalue weighted by Gasteiger charge is 2.31. The molecule has 2 aromatic heterocycles. The lowest BCUT2D eigenvalue weighted by atomic mass is 9.72. The van der Waals surface area contributed by atoms with Crippen molar-refractivity contribution in [3.63, 3.8) is 0 Å². The average Bonchev–Trinajstić information content (AvgIpc) is 3.04. The second-order valence-electron chi connectivity index (χ2n) is 8.27. The minimum Gasteiger partial charge on any atom is -0.229 e. The molecule has 0 saturated heterocycles. The summed E-state index contributed by atoms with van der Waals surface area (Å²) in [5.74, 6) is 1.55. The van der Waals surface area contributed by atoms with E-state index in [1.807, 2.05) is 29.5 Å². The van der Waals surface area contributed by atoms with Gasteiger partial charge in [0.05, 0.1) is 11.6 Å². The molecule has 0 aliphatic heterocycles. The Balaban J connectivity index is 1.63. The summed E-state index contributed by atoms with van der Waals surface area (Å²) < 4.78 is 0. The monoisotopic (exact) mass is 393 g/mol. The third-order valence-electron chi connectivity index (χ3n) is 5.47. The third-order valence-corrected chi connectivity index (χ3v) is 7.69. The number of nitrogens with zero attached hydrogens (tertiary/aromatic N) is 3. The molecule has 0 N–H and O–H groups in total. The third kappa shape index (κ3) is 3.74. The Kier molecular flexibility index (Phi) is 4.96. The van der Waals surface area contributed by atoms with Crippen LogP contribution in [0.25, 0.3) is 10.2 Å². The highest BCUT2D eigenvalue weighted by Crippen LogP contribution is 2.44. The Morgan fingerprint density at radius 2 is 2.15 bits per heavy atom. The van der Waals surface area contributed by atoms with Crippen LogP contribution < -0.4 is 0 Å². The van der Waals surface area contributed by atoms with E-state index in [0.29, 0.717) is 11.0 Å². The van der Waals surface area contributed by atoms with Gasteiger partial charge in [-0.25, -0.2) is 9.97 Å². The van der Waals surface area contributed by atoms with Gasteiger partial charge in [-0.1, -0.05) is 32.9 Å². The van der Waals surface area contributed by atoms with Gasteiger partial charge in [0.1, 0.15) is 16.2 Å². The van der Waals surface area contributed by atoms with Crippen molar-refractivity contribution in [2.24, 2.45) is 11.3 Å². The van der Waals surface area contributed by atoms with Crippen molar-refractivity contribution in [2.75, 3.05) is 0 Å². The van der Waals surface area contributed by atoms with Gasteiger partial charge in [-0.15, -0.1) is 23.1 Å². The second kappa shape index (κ2) is 7.26. The lowest BCUT2D eigenvalue weighted by Gasteiger charge is -2.33. The second-order valence-corrected chi connectivity index (χ2v) is 10.3. The number of thioether (sulfide) groups is 1. The van der Waals surface area contributed by atoms with Crippen molar-refractivity contribution in [1.29, 1.82) is 5.26 Å². The standard InChI is InChI=1S/C22H23N3S2/c1-22(2,3)16-7-8-17-18(10-16)27-21-19(17)20(24-13-25-21)26-12-15-6-4-5-14(9-15)11-23/h4-6,9,13,16H,7-8,10,12H2,1-3H3. The number of hydrogen-bond donors (Lipinski definition) is 0. The summed E-state index contributed by atoms with van der Waals surface area (Å²) in [4.78, 5) is 11.8. The molecule has 138 valence electrons. The molecule has 3 nitrogen and oxygen atoms in total. The lowest BCUT2D eigenvalue weighted by Crippen LogP contribution is -2.26. The summed E-state index contributed by atoms with van der Waals surface area (Å²) in [5, 5.41) is 11.4. The van der Waals surface area contributed by atoms with Crippen molar-refractivity contribution in [1.82, 2.24) is 9.97 Å². The highest BCUT2D eigenvalue weighted by atomic mass is 32.2. The number of fused-ring (bicyclic) bond motifs is 3. The van der Waals surface area contributed by atoms with Gasteiger partial charge < -0.3 is 0 Å². The number of aryl methyl sites for hydroxylation is 1. The van der Waals surface area contributed by atoms with E-state index in [1.54, 1.807) is 18.1 Å². The zero-order chi connectivity index (χ0) is 19.0. The van der Waals surface area contributed by atoms with Crippen molar-refractivity contribution < 1.29 is 0 Å². The molecule has 1 aliphatic rings. The van der Waals surface area contributed by atoms with Crippen LogP contribution in [0.1, 0.15) is 48.8 Å². The maximum Gasteiger partial charge on any atom is 0.128 e. The fourth-order valence-corrected chi connectivity index (χ4v) is 6.11. The number of rotatable bonds is 3. The van der Waals surface area contributed by atoms with E-state index in [9.17, 15) is 0 Å². The molecule has 1 aromatic carbocycles. The Morgan fingerprint density at radius 3 is 2.93 bits per heavy atom. The largest absolute Gasteiger partial charge is 0.229 e. The van der Waals surface area contributed by atoms with Crippen LogP contribution in [-0.4, -0.2) is 9.97 Å². The molecule has 5 heteroatoms. The quantitative estimate of drug-likeness (QED) is 0.404. The topological polar surface area (TPSA) is 49.6 Å². The molecular weight excluding hydrogens is 370 g/mol. The predicted octanol–water partition coefficient (Wildman–Crippen LogP) is 6.01. The predicted molar refractivity (Wildman–Crippen MR) is 113 cm³/mol. The van der Waals surface area contributed by atoms with Gasteiger partial charge in [0.2, 0.25) is 0 Å². The van der Waals surface area contributed by atoms with Gasteiger partial charge in [-0.2, -0.15) is 5.26 Å². The molecule has 0 amide bonds. The summed E-state index contributed by atoms with van der Waals surface area (Å²) >= 11 is 3.61. The van der Waals surface area contributed by atoms with Crippen LogP contribution in [0.15, 0.2) is 35.6 Å². The minimum atomic E-state index is 0.350. The van der Waals surface area contributed by atoms with E-state index in [2.05, 4.69) is 42.9 Å². The molecule has 0 radical (unpaired) electrons. The van der Waals surface area contributed by atoms with Crippen LogP contribution >= 0.6 is 23.1 Å². The van der Waals surface area contributed by atoms with Gasteiger partial charge in [-0.05, 0) is 53.9 Å². The van der Waals surface area contributed by atoms with Gasteiger partial charge in [-0.3, -0.25) is 0 Å². The first kappa shape index (κ1) is 18.5. The van der Waals surface area contributed by atoms with Crippen LogP contribution in [0.5, 0.6) is 0 Å². The summed E-state index contributed by atoms with van der Waals surface area (Å²) in [6.45, 7) is 7.06. The highest BCUT2D eigenvalue weighted by molar-refractivity contribution is 7.98. The van der Waals surface area contributed by atoms with Crippen LogP contribution in [0.4, 0.5) is 0 Å². The van der Waals surface area contributed by atoms with E-state index < -0.39 is 0 Å². The molecule has 3 aromatic rings.